The molecule has 0 saturated heterocycles. The van der Waals surface area contributed by atoms with Crippen LogP contribution in [0.1, 0.15) is 18.9 Å². The van der Waals surface area contributed by atoms with Crippen LogP contribution < -0.4 is 11.3 Å². The maximum absolute atomic E-state index is 6.00. The Morgan fingerprint density at radius 1 is 1.46 bits per heavy atom. The van der Waals surface area contributed by atoms with Gasteiger partial charge in [-0.3, -0.25) is 11.3 Å². The van der Waals surface area contributed by atoms with Gasteiger partial charge in [0.15, 0.2) is 0 Å². The zero-order chi connectivity index (χ0) is 9.68. The van der Waals surface area contributed by atoms with E-state index in [0.717, 1.165) is 17.9 Å². The summed E-state index contributed by atoms with van der Waals surface area (Å²) in [5.74, 6) is 5.29. The van der Waals surface area contributed by atoms with Crippen LogP contribution in [0.25, 0.3) is 0 Å². The zero-order valence-corrected chi connectivity index (χ0v) is 8.51. The molecule has 1 unspecified atom stereocenters. The highest BCUT2D eigenvalue weighted by atomic mass is 35.5. The minimum Gasteiger partial charge on any atom is -0.271 e. The Morgan fingerprint density at radius 3 is 2.77 bits per heavy atom. The van der Waals surface area contributed by atoms with Crippen LogP contribution in [0, 0.1) is 0 Å². The molecule has 0 spiro atoms. The van der Waals surface area contributed by atoms with Crippen molar-refractivity contribution in [3.63, 3.8) is 0 Å². The number of aryl methyl sites for hydroxylation is 1. The number of rotatable bonds is 4. The molecule has 3 N–H and O–H groups in total. The van der Waals surface area contributed by atoms with Crippen molar-refractivity contribution < 1.29 is 0 Å². The van der Waals surface area contributed by atoms with Gasteiger partial charge in [0, 0.05) is 11.1 Å². The molecule has 0 saturated carbocycles. The standard InChI is InChI=1S/C10H15ClN2/c1-8(13-12)6-7-9-4-2-3-5-10(9)11/h2-5,8,13H,6-7,12H2,1H3. The van der Waals surface area contributed by atoms with Crippen molar-refractivity contribution in [2.75, 3.05) is 0 Å². The molecule has 1 aromatic carbocycles. The lowest BCUT2D eigenvalue weighted by molar-refractivity contribution is 0.532. The number of hydrogen-bond donors (Lipinski definition) is 2. The number of nitrogens with one attached hydrogen (secondary N) is 1. The van der Waals surface area contributed by atoms with Crippen LogP contribution in [0.2, 0.25) is 5.02 Å². The SMILES string of the molecule is CC(CCc1ccccc1Cl)NN. The fraction of sp³-hybridized carbons (Fsp3) is 0.400. The highest BCUT2D eigenvalue weighted by Gasteiger charge is 2.02. The summed E-state index contributed by atoms with van der Waals surface area (Å²) in [4.78, 5) is 0. The van der Waals surface area contributed by atoms with Crippen molar-refractivity contribution in [1.29, 1.82) is 0 Å². The first-order chi connectivity index (χ1) is 6.24. The van der Waals surface area contributed by atoms with E-state index < -0.39 is 0 Å². The molecule has 0 radical (unpaired) electrons. The molecule has 3 heteroatoms. The molecule has 1 rings (SSSR count). The second-order valence-corrected chi connectivity index (χ2v) is 3.60. The first kappa shape index (κ1) is 10.5. The van der Waals surface area contributed by atoms with Crippen molar-refractivity contribution in [2.45, 2.75) is 25.8 Å². The fourth-order valence-corrected chi connectivity index (χ4v) is 1.39. The first-order valence-electron chi connectivity index (χ1n) is 4.43. The van der Waals surface area contributed by atoms with E-state index in [1.807, 2.05) is 24.3 Å². The van der Waals surface area contributed by atoms with Gasteiger partial charge in [0.2, 0.25) is 0 Å². The lowest BCUT2D eigenvalue weighted by atomic mass is 10.1. The average molecular weight is 199 g/mol. The maximum Gasteiger partial charge on any atom is 0.0437 e. The van der Waals surface area contributed by atoms with Gasteiger partial charge in [-0.1, -0.05) is 29.8 Å². The smallest absolute Gasteiger partial charge is 0.0437 e. The van der Waals surface area contributed by atoms with Gasteiger partial charge in [-0.15, -0.1) is 0 Å². The van der Waals surface area contributed by atoms with Crippen LogP contribution in [0.15, 0.2) is 24.3 Å². The average Bonchev–Trinajstić information content (AvgIpc) is 2.16. The van der Waals surface area contributed by atoms with Crippen molar-refractivity contribution >= 4 is 11.6 Å². The van der Waals surface area contributed by atoms with E-state index in [9.17, 15) is 0 Å². The van der Waals surface area contributed by atoms with Gasteiger partial charge in [0.05, 0.1) is 0 Å². The van der Waals surface area contributed by atoms with E-state index in [2.05, 4.69) is 12.3 Å². The van der Waals surface area contributed by atoms with E-state index in [4.69, 9.17) is 17.4 Å². The lowest BCUT2D eigenvalue weighted by Gasteiger charge is -2.09. The Kier molecular flexibility index (Phi) is 4.22. The Balaban J connectivity index is 2.50. The Bertz CT molecular complexity index is 263. The molecular formula is C10H15ClN2. The molecule has 2 nitrogen and oxygen atoms in total. The van der Waals surface area contributed by atoms with Crippen LogP contribution in [0.3, 0.4) is 0 Å². The Morgan fingerprint density at radius 2 is 2.15 bits per heavy atom. The van der Waals surface area contributed by atoms with E-state index in [1.165, 1.54) is 5.56 Å². The molecule has 1 aromatic rings. The van der Waals surface area contributed by atoms with Gasteiger partial charge in [-0.05, 0) is 31.4 Å². The van der Waals surface area contributed by atoms with Gasteiger partial charge in [-0.2, -0.15) is 0 Å². The zero-order valence-electron chi connectivity index (χ0n) is 7.76. The van der Waals surface area contributed by atoms with Crippen LogP contribution in [-0.2, 0) is 6.42 Å². The second-order valence-electron chi connectivity index (χ2n) is 3.20. The third-order valence-electron chi connectivity index (χ3n) is 2.09. The number of halogens is 1. The molecule has 13 heavy (non-hydrogen) atoms. The molecule has 0 bridgehead atoms. The predicted molar refractivity (Wildman–Crippen MR) is 56.6 cm³/mol. The second kappa shape index (κ2) is 5.22. The lowest BCUT2D eigenvalue weighted by Crippen LogP contribution is -2.32. The molecule has 0 aliphatic carbocycles. The summed E-state index contributed by atoms with van der Waals surface area (Å²) in [6.45, 7) is 2.05. The third kappa shape index (κ3) is 3.35. The van der Waals surface area contributed by atoms with Crippen molar-refractivity contribution in [3.8, 4) is 0 Å². The Labute approximate surface area is 84.1 Å². The number of benzene rings is 1. The predicted octanol–water partition coefficient (Wildman–Crippen LogP) is 2.12. The summed E-state index contributed by atoms with van der Waals surface area (Å²) in [5.41, 5.74) is 3.90. The normalized spacial score (nSPS) is 12.8. The van der Waals surface area contributed by atoms with E-state index in [-0.39, 0.29) is 0 Å². The number of hydrogen-bond acceptors (Lipinski definition) is 2. The summed E-state index contributed by atoms with van der Waals surface area (Å²) in [6, 6.07) is 8.23. The molecule has 0 heterocycles. The van der Waals surface area contributed by atoms with E-state index >= 15 is 0 Å². The molecule has 0 aromatic heterocycles. The molecule has 1 atom stereocenters. The van der Waals surface area contributed by atoms with Gasteiger partial charge in [-0.25, -0.2) is 0 Å². The van der Waals surface area contributed by atoms with Crippen LogP contribution in [0.4, 0.5) is 0 Å². The maximum atomic E-state index is 6.00. The number of hydrazine groups is 1. The summed E-state index contributed by atoms with van der Waals surface area (Å²) in [7, 11) is 0. The molecule has 0 aliphatic rings. The van der Waals surface area contributed by atoms with Gasteiger partial charge < -0.3 is 0 Å². The van der Waals surface area contributed by atoms with Crippen LogP contribution in [0.5, 0.6) is 0 Å². The van der Waals surface area contributed by atoms with Crippen molar-refractivity contribution in [2.24, 2.45) is 5.84 Å². The quantitative estimate of drug-likeness (QED) is 0.575. The highest BCUT2D eigenvalue weighted by Crippen LogP contribution is 2.16. The minimum absolute atomic E-state index is 0.330. The largest absolute Gasteiger partial charge is 0.271 e. The molecular weight excluding hydrogens is 184 g/mol. The van der Waals surface area contributed by atoms with Crippen molar-refractivity contribution in [3.05, 3.63) is 34.9 Å². The monoisotopic (exact) mass is 198 g/mol. The molecule has 0 fully saturated rings. The summed E-state index contributed by atoms with van der Waals surface area (Å²) in [5, 5.41) is 0.840. The van der Waals surface area contributed by atoms with Crippen LogP contribution in [-0.4, -0.2) is 6.04 Å². The summed E-state index contributed by atoms with van der Waals surface area (Å²) in [6.07, 6.45) is 1.96. The van der Waals surface area contributed by atoms with Gasteiger partial charge in [0.1, 0.15) is 0 Å². The van der Waals surface area contributed by atoms with E-state index in [1.54, 1.807) is 0 Å². The van der Waals surface area contributed by atoms with Crippen molar-refractivity contribution in [1.82, 2.24) is 5.43 Å². The Hall–Kier alpha value is -0.570. The fourth-order valence-electron chi connectivity index (χ4n) is 1.16. The van der Waals surface area contributed by atoms with Gasteiger partial charge >= 0.3 is 0 Å². The number of nitrogens with two attached hydrogens (primary N) is 1. The topological polar surface area (TPSA) is 38.0 Å². The van der Waals surface area contributed by atoms with E-state index in [0.29, 0.717) is 6.04 Å². The first-order valence-corrected chi connectivity index (χ1v) is 4.81. The molecule has 0 amide bonds. The van der Waals surface area contributed by atoms with Crippen LogP contribution >= 0.6 is 11.6 Å². The highest BCUT2D eigenvalue weighted by molar-refractivity contribution is 6.31. The summed E-state index contributed by atoms with van der Waals surface area (Å²) < 4.78 is 0. The van der Waals surface area contributed by atoms with Gasteiger partial charge in [0.25, 0.3) is 0 Å². The molecule has 72 valence electrons. The summed E-state index contributed by atoms with van der Waals surface area (Å²) >= 11 is 6.00. The molecule has 0 aliphatic heterocycles. The third-order valence-corrected chi connectivity index (χ3v) is 2.46. The minimum atomic E-state index is 0.330.